The Morgan fingerprint density at radius 2 is 1.89 bits per heavy atom. The molecule has 0 spiro atoms. The van der Waals surface area contributed by atoms with Gasteiger partial charge in [0.05, 0.1) is 19.9 Å². The standard InChI is InChI=1S/C21H35N3O3/c1-15(2)14-24-10-8-17(9-11-24)22-16(3)12-21(25)23-19-7-6-18(26-4)13-20(19)27-5/h6-7,13,15-17,22H,8-12,14H2,1-5H3,(H,23,25). The van der Waals surface area contributed by atoms with Crippen molar-refractivity contribution in [1.82, 2.24) is 10.2 Å². The van der Waals surface area contributed by atoms with Crippen LogP contribution >= 0.6 is 0 Å². The van der Waals surface area contributed by atoms with Gasteiger partial charge in [0.25, 0.3) is 0 Å². The van der Waals surface area contributed by atoms with Crippen molar-refractivity contribution in [3.8, 4) is 11.5 Å². The highest BCUT2D eigenvalue weighted by molar-refractivity contribution is 5.92. The predicted octanol–water partition coefficient (Wildman–Crippen LogP) is 3.13. The second-order valence-electron chi connectivity index (χ2n) is 7.85. The zero-order chi connectivity index (χ0) is 19.8. The first-order valence-corrected chi connectivity index (χ1v) is 9.91. The number of amides is 1. The van der Waals surface area contributed by atoms with Crippen molar-refractivity contribution in [2.45, 2.75) is 52.1 Å². The average molecular weight is 378 g/mol. The lowest BCUT2D eigenvalue weighted by atomic mass is 10.0. The molecule has 2 rings (SSSR count). The Kier molecular flexibility index (Phi) is 8.38. The lowest BCUT2D eigenvalue weighted by Crippen LogP contribution is -2.46. The van der Waals surface area contributed by atoms with E-state index in [9.17, 15) is 4.79 Å². The molecule has 1 aromatic rings. The maximum Gasteiger partial charge on any atom is 0.226 e. The van der Waals surface area contributed by atoms with Gasteiger partial charge in [-0.25, -0.2) is 0 Å². The van der Waals surface area contributed by atoms with Crippen molar-refractivity contribution in [3.63, 3.8) is 0 Å². The third-order valence-corrected chi connectivity index (χ3v) is 4.91. The average Bonchev–Trinajstić information content (AvgIpc) is 2.63. The fourth-order valence-corrected chi connectivity index (χ4v) is 3.64. The van der Waals surface area contributed by atoms with Crippen molar-refractivity contribution in [2.24, 2.45) is 5.92 Å². The number of ether oxygens (including phenoxy) is 2. The Hall–Kier alpha value is -1.79. The number of hydrogen-bond donors (Lipinski definition) is 2. The fourth-order valence-electron chi connectivity index (χ4n) is 3.64. The molecule has 1 aliphatic rings. The summed E-state index contributed by atoms with van der Waals surface area (Å²) in [5.41, 5.74) is 0.664. The Balaban J connectivity index is 1.78. The van der Waals surface area contributed by atoms with E-state index in [1.807, 2.05) is 6.07 Å². The van der Waals surface area contributed by atoms with Crippen molar-refractivity contribution in [3.05, 3.63) is 18.2 Å². The quantitative estimate of drug-likeness (QED) is 0.692. The predicted molar refractivity (Wildman–Crippen MR) is 110 cm³/mol. The number of piperidine rings is 1. The zero-order valence-corrected chi connectivity index (χ0v) is 17.4. The Morgan fingerprint density at radius 3 is 2.48 bits per heavy atom. The minimum atomic E-state index is -0.0179. The molecule has 1 unspecified atom stereocenters. The van der Waals surface area contributed by atoms with Gasteiger partial charge < -0.3 is 25.0 Å². The van der Waals surface area contributed by atoms with Crippen LogP contribution in [0.4, 0.5) is 5.69 Å². The van der Waals surface area contributed by atoms with Crippen LogP contribution in [0.1, 0.15) is 40.0 Å². The molecule has 1 aliphatic heterocycles. The van der Waals surface area contributed by atoms with Gasteiger partial charge in [-0.3, -0.25) is 4.79 Å². The number of nitrogens with zero attached hydrogens (tertiary/aromatic N) is 1. The summed E-state index contributed by atoms with van der Waals surface area (Å²) >= 11 is 0. The first kappa shape index (κ1) is 21.5. The van der Waals surface area contributed by atoms with Gasteiger partial charge in [0, 0.05) is 31.1 Å². The molecular weight excluding hydrogens is 342 g/mol. The fraction of sp³-hybridized carbons (Fsp3) is 0.667. The highest BCUT2D eigenvalue weighted by Gasteiger charge is 2.21. The van der Waals surface area contributed by atoms with Crippen LogP contribution in [-0.2, 0) is 4.79 Å². The maximum absolute atomic E-state index is 12.4. The first-order valence-electron chi connectivity index (χ1n) is 9.91. The van der Waals surface area contributed by atoms with Gasteiger partial charge in [-0.15, -0.1) is 0 Å². The molecule has 1 heterocycles. The van der Waals surface area contributed by atoms with Gasteiger partial charge in [-0.2, -0.15) is 0 Å². The number of rotatable bonds is 9. The molecule has 152 valence electrons. The number of benzene rings is 1. The number of hydrogen-bond acceptors (Lipinski definition) is 5. The number of likely N-dealkylation sites (tertiary alicyclic amines) is 1. The van der Waals surface area contributed by atoms with Crippen LogP contribution < -0.4 is 20.1 Å². The van der Waals surface area contributed by atoms with Gasteiger partial charge in [0.2, 0.25) is 5.91 Å². The summed E-state index contributed by atoms with van der Waals surface area (Å²) in [5.74, 6) is 1.99. The van der Waals surface area contributed by atoms with Crippen LogP contribution in [0.5, 0.6) is 11.5 Å². The molecule has 1 aromatic carbocycles. The van der Waals surface area contributed by atoms with E-state index >= 15 is 0 Å². The van der Waals surface area contributed by atoms with E-state index in [0.29, 0.717) is 35.6 Å². The first-order chi connectivity index (χ1) is 12.9. The summed E-state index contributed by atoms with van der Waals surface area (Å²) in [5, 5.41) is 6.56. The summed E-state index contributed by atoms with van der Waals surface area (Å²) in [6, 6.07) is 6.01. The summed E-state index contributed by atoms with van der Waals surface area (Å²) in [7, 11) is 3.19. The molecule has 0 bridgehead atoms. The monoisotopic (exact) mass is 377 g/mol. The third kappa shape index (κ3) is 7.03. The normalized spacial score (nSPS) is 17.0. The molecule has 27 heavy (non-hydrogen) atoms. The minimum absolute atomic E-state index is 0.0179. The van der Waals surface area contributed by atoms with Gasteiger partial charge in [0.15, 0.2) is 0 Å². The van der Waals surface area contributed by atoms with Gasteiger partial charge >= 0.3 is 0 Å². The van der Waals surface area contributed by atoms with E-state index in [2.05, 4.69) is 36.3 Å². The number of carbonyl (C=O) groups excluding carboxylic acids is 1. The highest BCUT2D eigenvalue weighted by atomic mass is 16.5. The SMILES string of the molecule is COc1ccc(NC(=O)CC(C)NC2CCN(CC(C)C)CC2)c(OC)c1. The van der Waals surface area contributed by atoms with Crippen molar-refractivity contribution in [1.29, 1.82) is 0 Å². The Bertz CT molecular complexity index is 598. The van der Waals surface area contributed by atoms with Gasteiger partial charge in [0.1, 0.15) is 11.5 Å². The molecule has 1 fully saturated rings. The third-order valence-electron chi connectivity index (χ3n) is 4.91. The Labute approximate surface area is 163 Å². The molecule has 0 radical (unpaired) electrons. The lowest BCUT2D eigenvalue weighted by molar-refractivity contribution is -0.116. The van der Waals surface area contributed by atoms with E-state index in [1.54, 1.807) is 26.4 Å². The van der Waals surface area contributed by atoms with Crippen LogP contribution in [-0.4, -0.2) is 56.7 Å². The van der Waals surface area contributed by atoms with Gasteiger partial charge in [-0.05, 0) is 50.9 Å². The number of methoxy groups -OCH3 is 2. The summed E-state index contributed by atoms with van der Waals surface area (Å²) in [6.07, 6.45) is 2.72. The van der Waals surface area contributed by atoms with Crippen molar-refractivity contribution in [2.75, 3.05) is 39.2 Å². The number of carbonyl (C=O) groups is 1. The molecule has 0 aliphatic carbocycles. The molecule has 2 N–H and O–H groups in total. The molecular formula is C21H35N3O3. The van der Waals surface area contributed by atoms with Crippen molar-refractivity contribution >= 4 is 11.6 Å². The molecule has 1 amide bonds. The van der Waals surface area contributed by atoms with Crippen LogP contribution in [0.2, 0.25) is 0 Å². The van der Waals surface area contributed by atoms with Crippen LogP contribution in [0.3, 0.4) is 0 Å². The smallest absolute Gasteiger partial charge is 0.226 e. The highest BCUT2D eigenvalue weighted by Crippen LogP contribution is 2.29. The Morgan fingerprint density at radius 1 is 1.19 bits per heavy atom. The minimum Gasteiger partial charge on any atom is -0.497 e. The molecule has 1 saturated heterocycles. The number of nitrogens with one attached hydrogen (secondary N) is 2. The van der Waals surface area contributed by atoms with Gasteiger partial charge in [-0.1, -0.05) is 13.8 Å². The van der Waals surface area contributed by atoms with Crippen LogP contribution in [0.25, 0.3) is 0 Å². The zero-order valence-electron chi connectivity index (χ0n) is 17.4. The summed E-state index contributed by atoms with van der Waals surface area (Å²) in [6.45, 7) is 10.1. The lowest BCUT2D eigenvalue weighted by Gasteiger charge is -2.34. The maximum atomic E-state index is 12.4. The van der Waals surface area contributed by atoms with Crippen LogP contribution in [0.15, 0.2) is 18.2 Å². The molecule has 6 heteroatoms. The van der Waals surface area contributed by atoms with E-state index in [4.69, 9.17) is 9.47 Å². The van der Waals surface area contributed by atoms with E-state index < -0.39 is 0 Å². The van der Waals surface area contributed by atoms with E-state index in [-0.39, 0.29) is 11.9 Å². The van der Waals surface area contributed by atoms with Crippen molar-refractivity contribution < 1.29 is 14.3 Å². The second kappa shape index (κ2) is 10.5. The largest absolute Gasteiger partial charge is 0.497 e. The molecule has 0 aromatic heterocycles. The molecule has 0 saturated carbocycles. The molecule has 6 nitrogen and oxygen atoms in total. The topological polar surface area (TPSA) is 62.8 Å². The van der Waals surface area contributed by atoms with E-state index in [0.717, 1.165) is 25.9 Å². The number of anilines is 1. The molecule has 1 atom stereocenters. The summed E-state index contributed by atoms with van der Waals surface area (Å²) < 4.78 is 10.5. The van der Waals surface area contributed by atoms with Crippen LogP contribution in [0, 0.1) is 5.92 Å². The van der Waals surface area contributed by atoms with E-state index in [1.165, 1.54) is 6.54 Å². The second-order valence-corrected chi connectivity index (χ2v) is 7.85. The summed E-state index contributed by atoms with van der Waals surface area (Å²) in [4.78, 5) is 15.0.